The molecule has 1 N–H and O–H groups in total. The van der Waals surface area contributed by atoms with E-state index in [4.69, 9.17) is 21.3 Å². The van der Waals surface area contributed by atoms with Gasteiger partial charge in [-0.05, 0) is 55.5 Å². The molecule has 0 spiro atoms. The summed E-state index contributed by atoms with van der Waals surface area (Å²) >= 11 is 6.13. The standard InChI is InChI=1S/C25H23ClN4O2/c1-17-5-8-21(9-6-17)32-16-25(31)27-19-3-2-4-20(14-19)29-11-12-30-23-10-7-18(26)13-22(23)28-24(30)15-29/h2-10,13-14H,11-12,15-16H2,1H3,(H,27,31). The van der Waals surface area contributed by atoms with Gasteiger partial charge in [-0.2, -0.15) is 0 Å². The van der Waals surface area contributed by atoms with Crippen molar-refractivity contribution >= 4 is 39.9 Å². The summed E-state index contributed by atoms with van der Waals surface area (Å²) in [6.45, 7) is 4.37. The highest BCUT2D eigenvalue weighted by molar-refractivity contribution is 6.31. The minimum atomic E-state index is -0.194. The van der Waals surface area contributed by atoms with Crippen LogP contribution in [0.5, 0.6) is 5.75 Å². The van der Waals surface area contributed by atoms with Crippen LogP contribution in [-0.4, -0.2) is 28.6 Å². The summed E-state index contributed by atoms with van der Waals surface area (Å²) in [6.07, 6.45) is 0. The predicted molar refractivity (Wildman–Crippen MR) is 128 cm³/mol. The molecule has 0 unspecified atom stereocenters. The van der Waals surface area contributed by atoms with E-state index in [1.807, 2.05) is 73.7 Å². The molecular weight excluding hydrogens is 424 g/mol. The number of anilines is 2. The van der Waals surface area contributed by atoms with Crippen molar-refractivity contribution < 1.29 is 9.53 Å². The number of hydrogen-bond acceptors (Lipinski definition) is 4. The summed E-state index contributed by atoms with van der Waals surface area (Å²) in [7, 11) is 0. The zero-order valence-electron chi connectivity index (χ0n) is 17.7. The van der Waals surface area contributed by atoms with Crippen LogP contribution in [-0.2, 0) is 17.9 Å². The highest BCUT2D eigenvalue weighted by Gasteiger charge is 2.20. The molecule has 162 valence electrons. The molecule has 7 heteroatoms. The number of fused-ring (bicyclic) bond motifs is 3. The predicted octanol–water partition coefficient (Wildman–Crippen LogP) is 5.04. The number of aryl methyl sites for hydroxylation is 1. The maximum atomic E-state index is 12.4. The van der Waals surface area contributed by atoms with Gasteiger partial charge in [0, 0.05) is 29.5 Å². The normalized spacial score (nSPS) is 13.1. The molecule has 4 aromatic rings. The van der Waals surface area contributed by atoms with Crippen molar-refractivity contribution in [2.45, 2.75) is 20.0 Å². The summed E-state index contributed by atoms with van der Waals surface area (Å²) in [5.41, 5.74) is 4.96. The molecular formula is C25H23ClN4O2. The first-order valence-electron chi connectivity index (χ1n) is 10.5. The Morgan fingerprint density at radius 3 is 2.78 bits per heavy atom. The maximum absolute atomic E-state index is 12.4. The number of nitrogens with zero attached hydrogens (tertiary/aromatic N) is 3. The number of carbonyl (C=O) groups is 1. The third kappa shape index (κ3) is 4.27. The smallest absolute Gasteiger partial charge is 0.262 e. The van der Waals surface area contributed by atoms with Gasteiger partial charge in [0.1, 0.15) is 11.6 Å². The molecule has 0 atom stereocenters. The summed E-state index contributed by atoms with van der Waals surface area (Å²) in [4.78, 5) is 19.4. The Bertz CT molecular complexity index is 1280. The average molecular weight is 447 g/mol. The Morgan fingerprint density at radius 2 is 1.94 bits per heavy atom. The monoisotopic (exact) mass is 446 g/mol. The number of ether oxygens (including phenoxy) is 1. The van der Waals surface area contributed by atoms with E-state index >= 15 is 0 Å². The van der Waals surface area contributed by atoms with Crippen LogP contribution in [0.15, 0.2) is 66.7 Å². The lowest BCUT2D eigenvalue weighted by atomic mass is 10.2. The number of rotatable bonds is 5. The number of hydrogen-bond donors (Lipinski definition) is 1. The molecule has 3 aromatic carbocycles. The lowest BCUT2D eigenvalue weighted by Gasteiger charge is -2.30. The summed E-state index contributed by atoms with van der Waals surface area (Å²) in [5, 5.41) is 3.62. The van der Waals surface area contributed by atoms with Crippen molar-refractivity contribution in [2.75, 3.05) is 23.4 Å². The largest absolute Gasteiger partial charge is 0.484 e. The van der Waals surface area contributed by atoms with E-state index in [0.717, 1.165) is 46.9 Å². The number of benzene rings is 3. The minimum absolute atomic E-state index is 0.0381. The van der Waals surface area contributed by atoms with Gasteiger partial charge in [0.25, 0.3) is 5.91 Å². The van der Waals surface area contributed by atoms with Gasteiger partial charge in [0.05, 0.1) is 17.6 Å². The van der Waals surface area contributed by atoms with Gasteiger partial charge < -0.3 is 19.5 Å². The molecule has 1 aromatic heterocycles. The van der Waals surface area contributed by atoms with Crippen molar-refractivity contribution in [2.24, 2.45) is 0 Å². The van der Waals surface area contributed by atoms with Gasteiger partial charge >= 0.3 is 0 Å². The van der Waals surface area contributed by atoms with Gasteiger partial charge in [-0.15, -0.1) is 0 Å². The second-order valence-corrected chi connectivity index (χ2v) is 8.37. The van der Waals surface area contributed by atoms with Crippen LogP contribution in [0.1, 0.15) is 11.4 Å². The molecule has 0 aliphatic carbocycles. The Labute approximate surface area is 191 Å². The molecule has 0 saturated heterocycles. The highest BCUT2D eigenvalue weighted by Crippen LogP contribution is 2.27. The Hall–Kier alpha value is -3.51. The van der Waals surface area contributed by atoms with Crippen LogP contribution in [0.4, 0.5) is 11.4 Å². The molecule has 1 aliphatic rings. The molecule has 0 bridgehead atoms. The van der Waals surface area contributed by atoms with Crippen molar-refractivity contribution in [1.29, 1.82) is 0 Å². The fourth-order valence-electron chi connectivity index (χ4n) is 3.97. The molecule has 1 amide bonds. The topological polar surface area (TPSA) is 59.4 Å². The lowest BCUT2D eigenvalue weighted by molar-refractivity contribution is -0.118. The van der Waals surface area contributed by atoms with E-state index in [1.54, 1.807) is 0 Å². The molecule has 0 fully saturated rings. The van der Waals surface area contributed by atoms with E-state index in [1.165, 1.54) is 0 Å². The van der Waals surface area contributed by atoms with E-state index < -0.39 is 0 Å². The van der Waals surface area contributed by atoms with Gasteiger partial charge in [0.2, 0.25) is 0 Å². The zero-order chi connectivity index (χ0) is 22.1. The minimum Gasteiger partial charge on any atom is -0.484 e. The first-order valence-corrected chi connectivity index (χ1v) is 10.9. The molecule has 32 heavy (non-hydrogen) atoms. The van der Waals surface area contributed by atoms with Crippen LogP contribution in [0.3, 0.4) is 0 Å². The van der Waals surface area contributed by atoms with Crippen molar-refractivity contribution in [3.8, 4) is 5.75 Å². The average Bonchev–Trinajstić information content (AvgIpc) is 3.15. The number of amides is 1. The van der Waals surface area contributed by atoms with E-state index in [9.17, 15) is 4.79 Å². The van der Waals surface area contributed by atoms with Crippen molar-refractivity contribution in [3.05, 3.63) is 83.1 Å². The molecule has 5 rings (SSSR count). The fourth-order valence-corrected chi connectivity index (χ4v) is 4.14. The van der Waals surface area contributed by atoms with Gasteiger partial charge in [-0.3, -0.25) is 4.79 Å². The molecule has 0 saturated carbocycles. The Kier molecular flexibility index (Phi) is 5.45. The number of halogens is 1. The third-order valence-corrected chi connectivity index (χ3v) is 5.84. The third-order valence-electron chi connectivity index (χ3n) is 5.60. The number of imidazole rings is 1. The van der Waals surface area contributed by atoms with Gasteiger partial charge in [0.15, 0.2) is 6.61 Å². The fraction of sp³-hybridized carbons (Fsp3) is 0.200. The molecule has 1 aliphatic heterocycles. The van der Waals surface area contributed by atoms with Crippen molar-refractivity contribution in [1.82, 2.24) is 9.55 Å². The maximum Gasteiger partial charge on any atom is 0.262 e. The molecule has 0 radical (unpaired) electrons. The number of nitrogens with one attached hydrogen (secondary N) is 1. The highest BCUT2D eigenvalue weighted by atomic mass is 35.5. The first kappa shape index (κ1) is 20.4. The quantitative estimate of drug-likeness (QED) is 0.466. The van der Waals surface area contributed by atoms with Crippen LogP contribution in [0.25, 0.3) is 11.0 Å². The van der Waals surface area contributed by atoms with Gasteiger partial charge in [-0.1, -0.05) is 35.4 Å². The lowest BCUT2D eigenvalue weighted by Crippen LogP contribution is -2.33. The molecule has 2 heterocycles. The van der Waals surface area contributed by atoms with E-state index in [0.29, 0.717) is 17.3 Å². The van der Waals surface area contributed by atoms with Crippen LogP contribution < -0.4 is 15.0 Å². The summed E-state index contributed by atoms with van der Waals surface area (Å²) in [5.74, 6) is 1.49. The summed E-state index contributed by atoms with van der Waals surface area (Å²) in [6, 6.07) is 21.3. The second kappa shape index (κ2) is 8.55. The first-order chi connectivity index (χ1) is 15.5. The SMILES string of the molecule is Cc1ccc(OCC(=O)Nc2cccc(N3CCn4c(nc5cc(Cl)ccc54)C3)c2)cc1. The number of aromatic nitrogens is 2. The van der Waals surface area contributed by atoms with Crippen molar-refractivity contribution in [3.63, 3.8) is 0 Å². The van der Waals surface area contributed by atoms with E-state index in [2.05, 4.69) is 14.8 Å². The Morgan fingerprint density at radius 1 is 1.09 bits per heavy atom. The van der Waals surface area contributed by atoms with E-state index in [-0.39, 0.29) is 12.5 Å². The van der Waals surface area contributed by atoms with Crippen LogP contribution in [0, 0.1) is 6.92 Å². The van der Waals surface area contributed by atoms with Gasteiger partial charge in [-0.25, -0.2) is 4.98 Å². The second-order valence-electron chi connectivity index (χ2n) is 7.93. The van der Waals surface area contributed by atoms with Crippen LogP contribution in [0.2, 0.25) is 5.02 Å². The van der Waals surface area contributed by atoms with Crippen LogP contribution >= 0.6 is 11.6 Å². The number of carbonyl (C=O) groups excluding carboxylic acids is 1. The summed E-state index contributed by atoms with van der Waals surface area (Å²) < 4.78 is 7.82. The zero-order valence-corrected chi connectivity index (χ0v) is 18.5. The Balaban J connectivity index is 1.25. The molecule has 6 nitrogen and oxygen atoms in total.